The number of carbonyl (C=O) groups is 1. The Labute approximate surface area is 101 Å². The first-order chi connectivity index (χ1) is 8.54. The van der Waals surface area contributed by atoms with Gasteiger partial charge in [0, 0.05) is 0 Å². The summed E-state index contributed by atoms with van der Waals surface area (Å²) in [5.41, 5.74) is 5.82. The van der Waals surface area contributed by atoms with Gasteiger partial charge in [-0.1, -0.05) is 0 Å². The standard InChI is InChI=1S/C11H8N4O3/c12-4-7-10(13)15(5-14-7)8-3-6(11(17)18)1-2-9(8)16/h1-3,5,16H,13H2,(H,17,18). The monoisotopic (exact) mass is 244 g/mol. The van der Waals surface area contributed by atoms with Crippen molar-refractivity contribution in [2.24, 2.45) is 0 Å². The molecule has 2 aromatic rings. The molecule has 0 aliphatic heterocycles. The van der Waals surface area contributed by atoms with Crippen LogP contribution in [0.4, 0.5) is 5.82 Å². The van der Waals surface area contributed by atoms with E-state index in [-0.39, 0.29) is 28.5 Å². The summed E-state index contributed by atoms with van der Waals surface area (Å²) in [5.74, 6) is -1.25. The summed E-state index contributed by atoms with van der Waals surface area (Å²) in [6.45, 7) is 0. The lowest BCUT2D eigenvalue weighted by atomic mass is 10.2. The zero-order valence-corrected chi connectivity index (χ0v) is 9.03. The molecular weight excluding hydrogens is 236 g/mol. The van der Waals surface area contributed by atoms with Gasteiger partial charge in [-0.15, -0.1) is 0 Å². The third-order valence-electron chi connectivity index (χ3n) is 2.39. The van der Waals surface area contributed by atoms with E-state index in [2.05, 4.69) is 4.98 Å². The Hall–Kier alpha value is -3.01. The molecule has 1 aromatic heterocycles. The highest BCUT2D eigenvalue weighted by Crippen LogP contribution is 2.26. The molecule has 0 saturated carbocycles. The normalized spacial score (nSPS) is 9.94. The Morgan fingerprint density at radius 1 is 1.50 bits per heavy atom. The average Bonchev–Trinajstić information content (AvgIpc) is 2.70. The molecule has 0 saturated heterocycles. The quantitative estimate of drug-likeness (QED) is 0.715. The molecule has 18 heavy (non-hydrogen) atoms. The van der Waals surface area contributed by atoms with Crippen molar-refractivity contribution in [3.8, 4) is 17.5 Å². The third-order valence-corrected chi connectivity index (χ3v) is 2.39. The minimum absolute atomic E-state index is 0.00518. The maximum absolute atomic E-state index is 10.9. The van der Waals surface area contributed by atoms with Gasteiger partial charge in [0.15, 0.2) is 5.69 Å². The predicted molar refractivity (Wildman–Crippen MR) is 61.3 cm³/mol. The number of rotatable bonds is 2. The number of imidazole rings is 1. The Balaban J connectivity index is 2.63. The number of aromatic carboxylic acids is 1. The largest absolute Gasteiger partial charge is 0.506 e. The van der Waals surface area contributed by atoms with E-state index in [1.165, 1.54) is 29.1 Å². The van der Waals surface area contributed by atoms with E-state index in [0.29, 0.717) is 0 Å². The van der Waals surface area contributed by atoms with Gasteiger partial charge in [-0.05, 0) is 18.2 Å². The van der Waals surface area contributed by atoms with Gasteiger partial charge in [0.05, 0.1) is 11.3 Å². The minimum atomic E-state index is -1.13. The maximum atomic E-state index is 10.9. The van der Waals surface area contributed by atoms with E-state index < -0.39 is 5.97 Å². The van der Waals surface area contributed by atoms with Crippen LogP contribution in [-0.2, 0) is 0 Å². The Kier molecular flexibility index (Phi) is 2.61. The zero-order chi connectivity index (χ0) is 13.3. The van der Waals surface area contributed by atoms with Crippen molar-refractivity contribution < 1.29 is 15.0 Å². The molecule has 4 N–H and O–H groups in total. The molecule has 1 aromatic carbocycles. The Morgan fingerprint density at radius 3 is 2.78 bits per heavy atom. The van der Waals surface area contributed by atoms with Gasteiger partial charge in [-0.2, -0.15) is 5.26 Å². The van der Waals surface area contributed by atoms with Crippen molar-refractivity contribution in [3.63, 3.8) is 0 Å². The number of phenols is 1. The van der Waals surface area contributed by atoms with Crippen LogP contribution in [-0.4, -0.2) is 25.7 Å². The number of carboxylic acid groups (broad SMARTS) is 1. The lowest BCUT2D eigenvalue weighted by Gasteiger charge is -2.08. The number of hydrogen-bond acceptors (Lipinski definition) is 5. The SMILES string of the molecule is N#Cc1ncn(-c2cc(C(=O)O)ccc2O)c1N. The summed E-state index contributed by atoms with van der Waals surface area (Å²) >= 11 is 0. The molecule has 0 unspecified atom stereocenters. The number of nitrogens with zero attached hydrogens (tertiary/aromatic N) is 3. The molecular formula is C11H8N4O3. The van der Waals surface area contributed by atoms with Crippen LogP contribution in [0.15, 0.2) is 24.5 Å². The van der Waals surface area contributed by atoms with Gasteiger partial charge in [-0.3, -0.25) is 4.57 Å². The first-order valence-corrected chi connectivity index (χ1v) is 4.84. The summed E-state index contributed by atoms with van der Waals surface area (Å²) in [4.78, 5) is 14.6. The summed E-state index contributed by atoms with van der Waals surface area (Å²) in [5, 5.41) is 27.3. The minimum Gasteiger partial charge on any atom is -0.506 e. The van der Waals surface area contributed by atoms with Crippen LogP contribution in [0, 0.1) is 11.3 Å². The fourth-order valence-electron chi connectivity index (χ4n) is 1.49. The van der Waals surface area contributed by atoms with Crippen LogP contribution in [0.3, 0.4) is 0 Å². The molecule has 1 heterocycles. The summed E-state index contributed by atoms with van der Waals surface area (Å²) < 4.78 is 1.25. The molecule has 0 atom stereocenters. The van der Waals surface area contributed by atoms with Gasteiger partial charge < -0.3 is 15.9 Å². The molecule has 0 fully saturated rings. The van der Waals surface area contributed by atoms with Gasteiger partial charge in [-0.25, -0.2) is 9.78 Å². The molecule has 0 aliphatic carbocycles. The molecule has 7 heteroatoms. The van der Waals surface area contributed by atoms with E-state index >= 15 is 0 Å². The fourth-order valence-corrected chi connectivity index (χ4v) is 1.49. The molecule has 0 spiro atoms. The number of aromatic hydroxyl groups is 1. The molecule has 2 rings (SSSR count). The maximum Gasteiger partial charge on any atom is 0.335 e. The van der Waals surface area contributed by atoms with E-state index in [1.807, 2.05) is 0 Å². The van der Waals surface area contributed by atoms with Crippen molar-refractivity contribution >= 4 is 11.8 Å². The first-order valence-electron chi connectivity index (χ1n) is 4.84. The molecule has 0 amide bonds. The van der Waals surface area contributed by atoms with Crippen LogP contribution in [0.25, 0.3) is 5.69 Å². The smallest absolute Gasteiger partial charge is 0.335 e. The van der Waals surface area contributed by atoms with E-state index in [9.17, 15) is 9.90 Å². The van der Waals surface area contributed by atoms with Crippen LogP contribution >= 0.6 is 0 Å². The van der Waals surface area contributed by atoms with Crippen LogP contribution in [0.5, 0.6) is 5.75 Å². The molecule has 7 nitrogen and oxygen atoms in total. The number of anilines is 1. The summed E-state index contributed by atoms with van der Waals surface area (Å²) in [6.07, 6.45) is 1.24. The lowest BCUT2D eigenvalue weighted by molar-refractivity contribution is 0.0697. The fraction of sp³-hybridized carbons (Fsp3) is 0. The van der Waals surface area contributed by atoms with Gasteiger partial charge in [0.2, 0.25) is 0 Å². The Morgan fingerprint density at radius 2 is 2.22 bits per heavy atom. The van der Waals surface area contributed by atoms with Crippen LogP contribution in [0.1, 0.15) is 16.1 Å². The first kappa shape index (κ1) is 11.5. The molecule has 90 valence electrons. The number of nitriles is 1. The van der Waals surface area contributed by atoms with Crippen LogP contribution < -0.4 is 5.73 Å². The second kappa shape index (κ2) is 4.10. The summed E-state index contributed by atoms with van der Waals surface area (Å²) in [6, 6.07) is 5.54. The van der Waals surface area contributed by atoms with Crippen molar-refractivity contribution in [1.82, 2.24) is 9.55 Å². The molecule has 0 bridgehead atoms. The van der Waals surface area contributed by atoms with Crippen LogP contribution in [0.2, 0.25) is 0 Å². The lowest BCUT2D eigenvalue weighted by Crippen LogP contribution is -2.03. The molecule has 0 radical (unpaired) electrons. The number of nitrogen functional groups attached to an aromatic ring is 1. The number of aromatic nitrogens is 2. The predicted octanol–water partition coefficient (Wildman–Crippen LogP) is 0.730. The second-order valence-corrected chi connectivity index (χ2v) is 3.47. The number of phenolic OH excluding ortho intramolecular Hbond substituents is 1. The van der Waals surface area contributed by atoms with E-state index in [1.54, 1.807) is 6.07 Å². The number of benzene rings is 1. The van der Waals surface area contributed by atoms with Crippen molar-refractivity contribution in [1.29, 1.82) is 5.26 Å². The second-order valence-electron chi connectivity index (χ2n) is 3.47. The third kappa shape index (κ3) is 1.72. The topological polar surface area (TPSA) is 125 Å². The van der Waals surface area contributed by atoms with Gasteiger partial charge in [0.25, 0.3) is 0 Å². The van der Waals surface area contributed by atoms with E-state index in [4.69, 9.17) is 16.1 Å². The van der Waals surface area contributed by atoms with Crippen molar-refractivity contribution in [3.05, 3.63) is 35.8 Å². The zero-order valence-electron chi connectivity index (χ0n) is 9.03. The number of hydrogen-bond donors (Lipinski definition) is 3. The van der Waals surface area contributed by atoms with Gasteiger partial charge >= 0.3 is 5.97 Å². The summed E-state index contributed by atoms with van der Waals surface area (Å²) in [7, 11) is 0. The van der Waals surface area contributed by atoms with Crippen molar-refractivity contribution in [2.45, 2.75) is 0 Å². The highest BCUT2D eigenvalue weighted by molar-refractivity contribution is 5.88. The number of nitrogens with two attached hydrogens (primary N) is 1. The van der Waals surface area contributed by atoms with Crippen molar-refractivity contribution in [2.75, 3.05) is 5.73 Å². The molecule has 0 aliphatic rings. The Bertz CT molecular complexity index is 669. The van der Waals surface area contributed by atoms with E-state index in [0.717, 1.165) is 0 Å². The highest BCUT2D eigenvalue weighted by atomic mass is 16.4. The highest BCUT2D eigenvalue weighted by Gasteiger charge is 2.14. The van der Waals surface area contributed by atoms with Gasteiger partial charge in [0.1, 0.15) is 24.0 Å². The average molecular weight is 244 g/mol. The number of carboxylic acids is 1.